The van der Waals surface area contributed by atoms with Crippen LogP contribution in [0.4, 0.5) is 5.13 Å². The van der Waals surface area contributed by atoms with Gasteiger partial charge in [-0.2, -0.15) is 0 Å². The quantitative estimate of drug-likeness (QED) is 0.547. The van der Waals surface area contributed by atoms with Crippen molar-refractivity contribution in [2.24, 2.45) is 5.73 Å². The summed E-state index contributed by atoms with van der Waals surface area (Å²) in [7, 11) is 0. The topological polar surface area (TPSA) is 76.7 Å². The lowest BCUT2D eigenvalue weighted by molar-refractivity contribution is 0.721. The molecule has 4 rings (SSSR count). The van der Waals surface area contributed by atoms with Gasteiger partial charge in [0.1, 0.15) is 5.01 Å². The van der Waals surface area contributed by atoms with Gasteiger partial charge in [0.15, 0.2) is 0 Å². The average molecular weight is 361 g/mol. The predicted molar refractivity (Wildman–Crippen MR) is 107 cm³/mol. The smallest absolute Gasteiger partial charge is 0.206 e. The molecule has 5 nitrogen and oxygen atoms in total. The maximum Gasteiger partial charge on any atom is 0.206 e. The van der Waals surface area contributed by atoms with Gasteiger partial charge in [-0.1, -0.05) is 53.8 Å². The number of nitrogens with zero attached hydrogens (tertiary/aromatic N) is 3. The highest BCUT2D eigenvalue weighted by atomic mass is 32.1. The molecule has 0 radical (unpaired) electrons. The molecule has 26 heavy (non-hydrogen) atoms. The first-order chi connectivity index (χ1) is 12.8. The van der Waals surface area contributed by atoms with Gasteiger partial charge < -0.3 is 11.1 Å². The fourth-order valence-electron chi connectivity index (χ4n) is 2.88. The number of benzene rings is 2. The second-order valence-electron chi connectivity index (χ2n) is 6.12. The molecule has 0 aliphatic carbocycles. The summed E-state index contributed by atoms with van der Waals surface area (Å²) < 4.78 is 0. The number of anilines is 1. The van der Waals surface area contributed by atoms with Crippen LogP contribution in [0.3, 0.4) is 0 Å². The van der Waals surface area contributed by atoms with Crippen LogP contribution in [0.25, 0.3) is 21.3 Å². The monoisotopic (exact) mass is 361 g/mol. The number of aromatic nitrogens is 3. The molecule has 1 atom stereocenters. The number of nitrogens with one attached hydrogen (secondary N) is 1. The van der Waals surface area contributed by atoms with E-state index in [9.17, 15) is 0 Å². The maximum absolute atomic E-state index is 5.94. The first-order valence-corrected chi connectivity index (χ1v) is 9.31. The van der Waals surface area contributed by atoms with Gasteiger partial charge in [-0.3, -0.25) is 4.98 Å². The molecule has 130 valence electrons. The Morgan fingerprint density at radius 3 is 2.73 bits per heavy atom. The Hall–Kier alpha value is -2.83. The van der Waals surface area contributed by atoms with Gasteiger partial charge in [-0.25, -0.2) is 0 Å². The van der Waals surface area contributed by atoms with E-state index in [1.807, 2.05) is 30.5 Å². The molecule has 0 unspecified atom stereocenters. The molecule has 0 spiro atoms. The molecule has 0 aliphatic heterocycles. The van der Waals surface area contributed by atoms with Gasteiger partial charge in [0.25, 0.3) is 0 Å². The summed E-state index contributed by atoms with van der Waals surface area (Å²) in [5.41, 5.74) is 8.25. The molecule has 4 aromatic rings. The summed E-state index contributed by atoms with van der Waals surface area (Å²) in [6.07, 6.45) is 4.52. The first-order valence-electron chi connectivity index (χ1n) is 8.50. The van der Waals surface area contributed by atoms with Crippen molar-refractivity contribution in [3.05, 3.63) is 72.6 Å². The number of rotatable bonds is 6. The number of nitrogens with two attached hydrogens (primary N) is 1. The summed E-state index contributed by atoms with van der Waals surface area (Å²) in [5.74, 6) is 0. The lowest BCUT2D eigenvalue weighted by atomic mass is 10.1. The van der Waals surface area contributed by atoms with E-state index in [1.165, 1.54) is 5.56 Å². The van der Waals surface area contributed by atoms with Crippen LogP contribution in [0.5, 0.6) is 0 Å². The zero-order valence-electron chi connectivity index (χ0n) is 14.2. The Balaban J connectivity index is 1.51. The summed E-state index contributed by atoms with van der Waals surface area (Å²) in [6, 6.07) is 18.7. The van der Waals surface area contributed by atoms with Gasteiger partial charge in [-0.15, -0.1) is 10.2 Å². The van der Waals surface area contributed by atoms with Crippen LogP contribution < -0.4 is 11.1 Å². The van der Waals surface area contributed by atoms with E-state index >= 15 is 0 Å². The van der Waals surface area contributed by atoms with Crippen molar-refractivity contribution in [1.29, 1.82) is 0 Å². The average Bonchev–Trinajstić information content (AvgIpc) is 3.16. The first kappa shape index (κ1) is 16.6. The third-order valence-electron chi connectivity index (χ3n) is 4.25. The zero-order chi connectivity index (χ0) is 17.8. The zero-order valence-corrected chi connectivity index (χ0v) is 15.0. The van der Waals surface area contributed by atoms with Crippen LogP contribution in [-0.4, -0.2) is 27.8 Å². The molecule has 0 saturated heterocycles. The molecule has 2 aromatic heterocycles. The minimum Gasteiger partial charge on any atom is -0.356 e. The normalized spacial score (nSPS) is 12.2. The molecule has 0 saturated carbocycles. The fourth-order valence-corrected chi connectivity index (χ4v) is 3.70. The third-order valence-corrected chi connectivity index (χ3v) is 5.15. The van der Waals surface area contributed by atoms with Crippen molar-refractivity contribution >= 4 is 27.2 Å². The Kier molecular flexibility index (Phi) is 4.86. The SMILES string of the molecule is NC[C@@H](Cc1ccccc1)Nc1nnc(-c2ccc3cnccc3c2)s1. The van der Waals surface area contributed by atoms with Gasteiger partial charge >= 0.3 is 0 Å². The van der Waals surface area contributed by atoms with E-state index in [-0.39, 0.29) is 6.04 Å². The second kappa shape index (κ2) is 7.59. The van der Waals surface area contributed by atoms with Crippen molar-refractivity contribution in [2.75, 3.05) is 11.9 Å². The van der Waals surface area contributed by atoms with Crippen molar-refractivity contribution in [3.63, 3.8) is 0 Å². The molecular weight excluding hydrogens is 342 g/mol. The second-order valence-corrected chi connectivity index (χ2v) is 7.09. The van der Waals surface area contributed by atoms with E-state index in [0.717, 1.165) is 32.9 Å². The van der Waals surface area contributed by atoms with Gasteiger partial charge in [0, 0.05) is 35.9 Å². The number of fused-ring (bicyclic) bond motifs is 1. The molecular formula is C20H19N5S. The minimum absolute atomic E-state index is 0.126. The molecule has 0 fully saturated rings. The van der Waals surface area contributed by atoms with E-state index in [2.05, 4.69) is 50.8 Å². The highest BCUT2D eigenvalue weighted by Crippen LogP contribution is 2.29. The molecule has 2 heterocycles. The third kappa shape index (κ3) is 3.71. The maximum atomic E-state index is 5.94. The lowest BCUT2D eigenvalue weighted by Crippen LogP contribution is -2.30. The minimum atomic E-state index is 0.126. The highest BCUT2D eigenvalue weighted by molar-refractivity contribution is 7.18. The van der Waals surface area contributed by atoms with Crippen LogP contribution in [0.2, 0.25) is 0 Å². The molecule has 0 amide bonds. The standard InChI is InChI=1S/C20H19N5S/c21-12-18(10-14-4-2-1-3-5-14)23-20-25-24-19(26-20)16-6-7-17-13-22-9-8-15(17)11-16/h1-9,11,13,18H,10,12,21H2,(H,23,25)/t18-/m1/s1. The van der Waals surface area contributed by atoms with Gasteiger partial charge in [0.2, 0.25) is 5.13 Å². The van der Waals surface area contributed by atoms with Gasteiger partial charge in [-0.05, 0) is 29.5 Å². The van der Waals surface area contributed by atoms with Crippen LogP contribution in [-0.2, 0) is 6.42 Å². The Morgan fingerprint density at radius 2 is 1.88 bits per heavy atom. The summed E-state index contributed by atoms with van der Waals surface area (Å²) >= 11 is 1.54. The largest absolute Gasteiger partial charge is 0.356 e. The van der Waals surface area contributed by atoms with Gasteiger partial charge in [0.05, 0.1) is 0 Å². The molecule has 0 bridgehead atoms. The van der Waals surface area contributed by atoms with Crippen molar-refractivity contribution < 1.29 is 0 Å². The number of hydrogen-bond acceptors (Lipinski definition) is 6. The summed E-state index contributed by atoms with van der Waals surface area (Å²) in [4.78, 5) is 4.15. The van der Waals surface area contributed by atoms with E-state index in [0.29, 0.717) is 6.54 Å². The van der Waals surface area contributed by atoms with E-state index in [4.69, 9.17) is 5.73 Å². The molecule has 0 aliphatic rings. The fraction of sp³-hybridized carbons (Fsp3) is 0.150. The van der Waals surface area contributed by atoms with E-state index in [1.54, 1.807) is 17.5 Å². The Morgan fingerprint density at radius 1 is 1.00 bits per heavy atom. The van der Waals surface area contributed by atoms with Crippen molar-refractivity contribution in [2.45, 2.75) is 12.5 Å². The van der Waals surface area contributed by atoms with Crippen molar-refractivity contribution in [1.82, 2.24) is 15.2 Å². The highest BCUT2D eigenvalue weighted by Gasteiger charge is 2.12. The van der Waals surface area contributed by atoms with Crippen molar-refractivity contribution in [3.8, 4) is 10.6 Å². The number of hydrogen-bond donors (Lipinski definition) is 2. The van der Waals surface area contributed by atoms with Crippen LogP contribution in [0.15, 0.2) is 67.0 Å². The molecule has 6 heteroatoms. The summed E-state index contributed by atoms with van der Waals surface area (Å²) in [6.45, 7) is 0.535. The summed E-state index contributed by atoms with van der Waals surface area (Å²) in [5, 5.41) is 16.0. The number of pyridine rings is 1. The Bertz CT molecular complexity index is 999. The van der Waals surface area contributed by atoms with Crippen LogP contribution >= 0.6 is 11.3 Å². The lowest BCUT2D eigenvalue weighted by Gasteiger charge is -2.15. The van der Waals surface area contributed by atoms with E-state index < -0.39 is 0 Å². The Labute approximate surface area is 155 Å². The molecule has 2 aromatic carbocycles. The van der Waals surface area contributed by atoms with Crippen LogP contribution in [0.1, 0.15) is 5.56 Å². The van der Waals surface area contributed by atoms with Crippen LogP contribution in [0, 0.1) is 0 Å². The predicted octanol–water partition coefficient (Wildman–Crippen LogP) is 3.74. The molecule has 3 N–H and O–H groups in total.